The van der Waals surface area contributed by atoms with Crippen molar-refractivity contribution in [3.05, 3.63) is 65.5 Å². The van der Waals surface area contributed by atoms with E-state index >= 15 is 0 Å². The highest BCUT2D eigenvalue weighted by atomic mass is 16.4. The summed E-state index contributed by atoms with van der Waals surface area (Å²) in [4.78, 5) is 13.5. The lowest BCUT2D eigenvalue weighted by molar-refractivity contribution is 0.551. The molecule has 0 radical (unpaired) electrons. The molecule has 0 atom stereocenters. The maximum absolute atomic E-state index is 12.1. The van der Waals surface area contributed by atoms with Gasteiger partial charge in [-0.1, -0.05) is 0 Å². The van der Waals surface area contributed by atoms with Gasteiger partial charge in [0.25, 0.3) is 0 Å². The van der Waals surface area contributed by atoms with Crippen LogP contribution in [0.25, 0.3) is 22.3 Å². The van der Waals surface area contributed by atoms with Crippen LogP contribution in [0.1, 0.15) is 0 Å². The molecule has 0 unspecified atom stereocenters. The molecule has 3 heterocycles. The van der Waals surface area contributed by atoms with Gasteiger partial charge in [-0.2, -0.15) is 20.1 Å². The van der Waals surface area contributed by atoms with Gasteiger partial charge in [-0.05, 0) is 24.3 Å². The fourth-order valence-corrected chi connectivity index (χ4v) is 2.13. The van der Waals surface area contributed by atoms with Crippen molar-refractivity contribution in [1.82, 2.24) is 24.8 Å². The molecule has 4 rings (SSSR count). The van der Waals surface area contributed by atoms with E-state index in [1.807, 2.05) is 12.1 Å². The van der Waals surface area contributed by atoms with E-state index in [9.17, 15) is 4.79 Å². The third-order valence-electron chi connectivity index (χ3n) is 3.10. The average molecular weight is 279 g/mol. The Bertz CT molecular complexity index is 955. The summed E-state index contributed by atoms with van der Waals surface area (Å²) in [7, 11) is 0. The van der Waals surface area contributed by atoms with Crippen molar-refractivity contribution in [1.29, 1.82) is 0 Å². The number of fused-ring (bicyclic) bond motifs is 1. The Morgan fingerprint density at radius 1 is 1.00 bits per heavy atom. The zero-order chi connectivity index (χ0) is 14.2. The second kappa shape index (κ2) is 4.41. The molecule has 0 amide bonds. The van der Waals surface area contributed by atoms with Crippen LogP contribution in [-0.4, -0.2) is 24.8 Å². The highest BCUT2D eigenvalue weighted by molar-refractivity contribution is 5.80. The monoisotopic (exact) mass is 279 g/mol. The summed E-state index contributed by atoms with van der Waals surface area (Å²) in [5.74, 6) is 0. The minimum absolute atomic E-state index is 0.373. The van der Waals surface area contributed by atoms with Crippen molar-refractivity contribution >= 4 is 11.0 Å². The lowest BCUT2D eigenvalue weighted by Crippen LogP contribution is -2.10. The molecule has 4 aromatic rings. The number of nitrogens with zero attached hydrogens (tertiary/aromatic N) is 5. The SMILES string of the molecule is O=c1oc2cc(-n3nccn3)ccc2cc1-n1cccn1. The summed E-state index contributed by atoms with van der Waals surface area (Å²) < 4.78 is 6.85. The predicted molar refractivity (Wildman–Crippen MR) is 74.5 cm³/mol. The number of aromatic nitrogens is 5. The van der Waals surface area contributed by atoms with Gasteiger partial charge in [0.05, 0.1) is 18.1 Å². The summed E-state index contributed by atoms with van der Waals surface area (Å²) in [6.45, 7) is 0. The predicted octanol–water partition coefficient (Wildman–Crippen LogP) is 1.56. The van der Waals surface area contributed by atoms with Gasteiger partial charge < -0.3 is 4.42 Å². The smallest absolute Gasteiger partial charge is 0.362 e. The quantitative estimate of drug-likeness (QED) is 0.520. The maximum Gasteiger partial charge on any atom is 0.362 e. The molecule has 0 aliphatic heterocycles. The molecule has 0 N–H and O–H groups in total. The topological polar surface area (TPSA) is 78.7 Å². The van der Waals surface area contributed by atoms with E-state index in [1.54, 1.807) is 43.0 Å². The fourth-order valence-electron chi connectivity index (χ4n) is 2.13. The number of rotatable bonds is 2. The van der Waals surface area contributed by atoms with Crippen molar-refractivity contribution < 1.29 is 4.42 Å². The van der Waals surface area contributed by atoms with Crippen LogP contribution in [0.4, 0.5) is 0 Å². The first-order chi connectivity index (χ1) is 10.3. The Labute approximate surface area is 118 Å². The third kappa shape index (κ3) is 1.91. The second-order valence-corrected chi connectivity index (χ2v) is 4.41. The zero-order valence-electron chi connectivity index (χ0n) is 10.7. The van der Waals surface area contributed by atoms with Crippen molar-refractivity contribution in [3.8, 4) is 11.4 Å². The Balaban J connectivity index is 1.91. The van der Waals surface area contributed by atoms with E-state index in [2.05, 4.69) is 15.3 Å². The first-order valence-corrected chi connectivity index (χ1v) is 6.26. The summed E-state index contributed by atoms with van der Waals surface area (Å²) >= 11 is 0. The number of benzene rings is 1. The molecular weight excluding hydrogens is 270 g/mol. The van der Waals surface area contributed by atoms with E-state index in [-0.39, 0.29) is 0 Å². The van der Waals surface area contributed by atoms with Crippen molar-refractivity contribution in [2.45, 2.75) is 0 Å². The van der Waals surface area contributed by atoms with Crippen LogP contribution in [0.5, 0.6) is 0 Å². The molecule has 102 valence electrons. The molecule has 0 aliphatic carbocycles. The maximum atomic E-state index is 12.1. The Hall–Kier alpha value is -3.22. The van der Waals surface area contributed by atoms with Gasteiger partial charge >= 0.3 is 5.63 Å². The van der Waals surface area contributed by atoms with E-state index < -0.39 is 5.63 Å². The van der Waals surface area contributed by atoms with E-state index in [0.29, 0.717) is 11.3 Å². The van der Waals surface area contributed by atoms with Crippen molar-refractivity contribution in [3.63, 3.8) is 0 Å². The van der Waals surface area contributed by atoms with Crippen LogP contribution >= 0.6 is 0 Å². The molecule has 0 bridgehead atoms. The van der Waals surface area contributed by atoms with Gasteiger partial charge in [0.1, 0.15) is 5.58 Å². The highest BCUT2D eigenvalue weighted by Gasteiger charge is 2.09. The van der Waals surface area contributed by atoms with Gasteiger partial charge in [0.15, 0.2) is 5.69 Å². The molecule has 7 nitrogen and oxygen atoms in total. The van der Waals surface area contributed by atoms with Crippen LogP contribution in [0.15, 0.2) is 64.3 Å². The lowest BCUT2D eigenvalue weighted by Gasteiger charge is -2.04. The molecule has 21 heavy (non-hydrogen) atoms. The van der Waals surface area contributed by atoms with Gasteiger partial charge in [0, 0.05) is 23.8 Å². The molecule has 0 spiro atoms. The van der Waals surface area contributed by atoms with Crippen LogP contribution in [0, 0.1) is 0 Å². The Morgan fingerprint density at radius 3 is 2.62 bits per heavy atom. The van der Waals surface area contributed by atoms with Crippen LogP contribution in [0.3, 0.4) is 0 Å². The van der Waals surface area contributed by atoms with Crippen molar-refractivity contribution in [2.24, 2.45) is 0 Å². The Kier molecular flexibility index (Phi) is 2.43. The van der Waals surface area contributed by atoms with Crippen molar-refractivity contribution in [2.75, 3.05) is 0 Å². The van der Waals surface area contributed by atoms with Gasteiger partial charge in [-0.15, -0.1) is 0 Å². The van der Waals surface area contributed by atoms with E-state index in [0.717, 1.165) is 11.1 Å². The molecule has 0 saturated carbocycles. The summed E-state index contributed by atoms with van der Waals surface area (Å²) in [5, 5.41) is 12.9. The van der Waals surface area contributed by atoms with Gasteiger partial charge in [-0.25, -0.2) is 9.48 Å². The molecule has 0 saturated heterocycles. The summed E-state index contributed by atoms with van der Waals surface area (Å²) in [5.41, 5.74) is 1.13. The third-order valence-corrected chi connectivity index (χ3v) is 3.10. The minimum atomic E-state index is -0.447. The number of hydrogen-bond donors (Lipinski definition) is 0. The summed E-state index contributed by atoms with van der Waals surface area (Å²) in [6.07, 6.45) is 6.47. The first kappa shape index (κ1) is 11.6. The average Bonchev–Trinajstić information content (AvgIpc) is 3.19. The Morgan fingerprint density at radius 2 is 1.86 bits per heavy atom. The largest absolute Gasteiger partial charge is 0.421 e. The highest BCUT2D eigenvalue weighted by Crippen LogP contribution is 2.18. The second-order valence-electron chi connectivity index (χ2n) is 4.41. The number of hydrogen-bond acceptors (Lipinski definition) is 5. The molecule has 0 fully saturated rings. The molecule has 7 heteroatoms. The zero-order valence-corrected chi connectivity index (χ0v) is 10.7. The van der Waals surface area contributed by atoms with Crippen LogP contribution in [0.2, 0.25) is 0 Å². The summed E-state index contributed by atoms with van der Waals surface area (Å²) in [6, 6.07) is 8.92. The normalized spacial score (nSPS) is 11.0. The van der Waals surface area contributed by atoms with Gasteiger partial charge in [0.2, 0.25) is 0 Å². The lowest BCUT2D eigenvalue weighted by atomic mass is 10.2. The molecule has 3 aromatic heterocycles. The van der Waals surface area contributed by atoms with E-state index in [1.165, 1.54) is 9.48 Å². The van der Waals surface area contributed by atoms with Crippen LogP contribution < -0.4 is 5.63 Å². The van der Waals surface area contributed by atoms with E-state index in [4.69, 9.17) is 4.42 Å². The first-order valence-electron chi connectivity index (χ1n) is 6.26. The van der Waals surface area contributed by atoms with Crippen LogP contribution in [-0.2, 0) is 0 Å². The molecular formula is C14H9N5O2. The standard InChI is InChI=1S/C14H9N5O2/c20-14-12(18-7-1-4-15-18)8-10-2-3-11(9-13(10)21-14)19-16-5-6-17-19/h1-9H. The molecule has 0 aliphatic rings. The van der Waals surface area contributed by atoms with Gasteiger partial charge in [-0.3, -0.25) is 0 Å². The molecule has 1 aromatic carbocycles. The fraction of sp³-hybridized carbons (Fsp3) is 0. The minimum Gasteiger partial charge on any atom is -0.421 e.